The van der Waals surface area contributed by atoms with Gasteiger partial charge in [-0.2, -0.15) is 4.31 Å². The van der Waals surface area contributed by atoms with E-state index in [0.29, 0.717) is 12.1 Å². The molecule has 0 amide bonds. The topological polar surface area (TPSA) is 63.4 Å². The third-order valence-corrected chi connectivity index (χ3v) is 5.85. The lowest BCUT2D eigenvalue weighted by Gasteiger charge is -2.28. The van der Waals surface area contributed by atoms with Crippen molar-refractivity contribution in [3.63, 3.8) is 0 Å². The van der Waals surface area contributed by atoms with Crippen LogP contribution in [0.4, 0.5) is 0 Å². The molecule has 21 heavy (non-hydrogen) atoms. The van der Waals surface area contributed by atoms with Gasteiger partial charge in [-0.15, -0.1) is 0 Å². The van der Waals surface area contributed by atoms with E-state index in [1.165, 1.54) is 0 Å². The summed E-state index contributed by atoms with van der Waals surface area (Å²) in [5.41, 5.74) is 6.08. The lowest BCUT2D eigenvalue weighted by atomic mass is 10.2. The highest BCUT2D eigenvalue weighted by atomic mass is 32.2. The van der Waals surface area contributed by atoms with Crippen molar-refractivity contribution in [3.05, 3.63) is 29.8 Å². The Labute approximate surface area is 133 Å². The van der Waals surface area contributed by atoms with Crippen LogP contribution < -0.4 is 5.73 Å². The van der Waals surface area contributed by atoms with Crippen molar-refractivity contribution < 1.29 is 8.42 Å². The average Bonchev–Trinajstić information content (AvgIpc) is 2.47. The van der Waals surface area contributed by atoms with E-state index in [1.807, 2.05) is 20.8 Å². The Kier molecular flexibility index (Phi) is 6.77. The number of hydrogen-bond donors (Lipinski definition) is 1. The number of rotatable bonds is 8. The van der Waals surface area contributed by atoms with Crippen LogP contribution in [0.3, 0.4) is 0 Å². The third-order valence-electron chi connectivity index (χ3n) is 3.55. The molecule has 0 saturated heterocycles. The van der Waals surface area contributed by atoms with Crippen molar-refractivity contribution in [3.8, 4) is 0 Å². The lowest BCUT2D eigenvalue weighted by Crippen LogP contribution is -2.39. The van der Waals surface area contributed by atoms with Crippen LogP contribution in [0.25, 0.3) is 0 Å². The second kappa shape index (κ2) is 7.87. The molecule has 0 heterocycles. The molecule has 0 aromatic heterocycles. The van der Waals surface area contributed by atoms with Gasteiger partial charge in [0.05, 0.1) is 4.90 Å². The molecule has 1 atom stereocenters. The minimum atomic E-state index is -3.59. The summed E-state index contributed by atoms with van der Waals surface area (Å²) in [5, 5.41) is 0. The van der Waals surface area contributed by atoms with Crippen LogP contribution in [-0.2, 0) is 10.0 Å². The number of unbranched alkanes of at least 4 members (excludes halogenated alkanes) is 1. The molecule has 2 N–H and O–H groups in total. The standard InChI is InChI=1S/C15H24N2O2S2/c1-4-6-11-17(12(3)5-2)21(18,19)14-10-8-7-9-13(14)15(16)20/h7-10,12H,4-6,11H2,1-3H3,(H2,16,20). The minimum absolute atomic E-state index is 0.0547. The molecule has 0 saturated carbocycles. The van der Waals surface area contributed by atoms with E-state index >= 15 is 0 Å². The summed E-state index contributed by atoms with van der Waals surface area (Å²) in [6.07, 6.45) is 2.54. The fourth-order valence-corrected chi connectivity index (χ4v) is 4.31. The van der Waals surface area contributed by atoms with Crippen LogP contribution in [0.1, 0.15) is 45.6 Å². The molecule has 0 aliphatic carbocycles. The number of nitrogens with two attached hydrogens (primary N) is 1. The van der Waals surface area contributed by atoms with Gasteiger partial charge in [-0.1, -0.05) is 50.7 Å². The summed E-state index contributed by atoms with van der Waals surface area (Å²) < 4.78 is 27.5. The van der Waals surface area contributed by atoms with Gasteiger partial charge in [-0.05, 0) is 25.8 Å². The fourth-order valence-electron chi connectivity index (χ4n) is 2.12. The average molecular weight is 329 g/mol. The van der Waals surface area contributed by atoms with Crippen molar-refractivity contribution >= 4 is 27.2 Å². The van der Waals surface area contributed by atoms with Gasteiger partial charge in [0.15, 0.2) is 0 Å². The van der Waals surface area contributed by atoms with E-state index in [0.717, 1.165) is 19.3 Å². The lowest BCUT2D eigenvalue weighted by molar-refractivity contribution is 0.324. The Morgan fingerprint density at radius 3 is 2.48 bits per heavy atom. The van der Waals surface area contributed by atoms with E-state index in [-0.39, 0.29) is 15.9 Å². The molecule has 1 unspecified atom stereocenters. The van der Waals surface area contributed by atoms with Crippen LogP contribution >= 0.6 is 12.2 Å². The molecule has 0 fully saturated rings. The second-order valence-electron chi connectivity index (χ2n) is 5.09. The summed E-state index contributed by atoms with van der Waals surface area (Å²) in [6, 6.07) is 6.62. The van der Waals surface area contributed by atoms with Crippen LogP contribution in [0.2, 0.25) is 0 Å². The molecule has 1 rings (SSSR count). The molecule has 0 aliphatic heterocycles. The van der Waals surface area contributed by atoms with E-state index in [1.54, 1.807) is 28.6 Å². The summed E-state index contributed by atoms with van der Waals surface area (Å²) in [7, 11) is -3.59. The van der Waals surface area contributed by atoms with Crippen molar-refractivity contribution in [2.45, 2.75) is 51.0 Å². The molecule has 4 nitrogen and oxygen atoms in total. The number of hydrogen-bond acceptors (Lipinski definition) is 3. The molecular formula is C15H24N2O2S2. The largest absolute Gasteiger partial charge is 0.389 e. The zero-order valence-corrected chi connectivity index (χ0v) is 14.5. The van der Waals surface area contributed by atoms with Crippen molar-refractivity contribution in [1.82, 2.24) is 4.31 Å². The zero-order valence-electron chi connectivity index (χ0n) is 12.9. The van der Waals surface area contributed by atoms with E-state index < -0.39 is 10.0 Å². The van der Waals surface area contributed by atoms with Gasteiger partial charge in [0.25, 0.3) is 0 Å². The SMILES string of the molecule is CCCCN(C(C)CC)S(=O)(=O)c1ccccc1C(N)=S. The maximum atomic E-state index is 13.0. The van der Waals surface area contributed by atoms with Crippen LogP contribution in [0.5, 0.6) is 0 Å². The Hall–Kier alpha value is -0.980. The van der Waals surface area contributed by atoms with Gasteiger partial charge in [0.2, 0.25) is 10.0 Å². The molecule has 0 spiro atoms. The first-order valence-corrected chi connectivity index (χ1v) is 9.11. The smallest absolute Gasteiger partial charge is 0.244 e. The monoisotopic (exact) mass is 328 g/mol. The minimum Gasteiger partial charge on any atom is -0.389 e. The highest BCUT2D eigenvalue weighted by molar-refractivity contribution is 7.89. The maximum Gasteiger partial charge on any atom is 0.244 e. The molecule has 1 aromatic carbocycles. The maximum absolute atomic E-state index is 13.0. The number of benzene rings is 1. The summed E-state index contributed by atoms with van der Waals surface area (Å²) in [5.74, 6) is 0. The van der Waals surface area contributed by atoms with E-state index in [9.17, 15) is 8.42 Å². The first-order chi connectivity index (χ1) is 9.86. The van der Waals surface area contributed by atoms with Crippen LogP contribution in [0.15, 0.2) is 29.2 Å². The van der Waals surface area contributed by atoms with Crippen molar-refractivity contribution in [2.24, 2.45) is 5.73 Å². The van der Waals surface area contributed by atoms with Crippen LogP contribution in [-0.4, -0.2) is 30.3 Å². The molecule has 6 heteroatoms. The molecule has 1 aromatic rings. The van der Waals surface area contributed by atoms with E-state index in [2.05, 4.69) is 0 Å². The molecule has 118 valence electrons. The number of sulfonamides is 1. The third kappa shape index (κ3) is 4.25. The zero-order chi connectivity index (χ0) is 16.0. The Morgan fingerprint density at radius 1 is 1.33 bits per heavy atom. The summed E-state index contributed by atoms with van der Waals surface area (Å²) >= 11 is 4.98. The number of thiocarbonyl (C=S) groups is 1. The first kappa shape index (κ1) is 18.1. The Morgan fingerprint density at radius 2 is 1.95 bits per heavy atom. The van der Waals surface area contributed by atoms with Gasteiger partial charge in [-0.25, -0.2) is 8.42 Å². The molecular weight excluding hydrogens is 304 g/mol. The Bertz CT molecular complexity index is 585. The molecule has 0 aliphatic rings. The Balaban J connectivity index is 3.32. The normalized spacial score (nSPS) is 13.3. The first-order valence-electron chi connectivity index (χ1n) is 7.26. The van der Waals surface area contributed by atoms with Gasteiger partial charge < -0.3 is 5.73 Å². The second-order valence-corrected chi connectivity index (χ2v) is 7.39. The summed E-state index contributed by atoms with van der Waals surface area (Å²) in [6.45, 7) is 6.47. The van der Waals surface area contributed by atoms with Gasteiger partial charge >= 0.3 is 0 Å². The van der Waals surface area contributed by atoms with E-state index in [4.69, 9.17) is 18.0 Å². The highest BCUT2D eigenvalue weighted by Crippen LogP contribution is 2.23. The van der Waals surface area contributed by atoms with Gasteiger partial charge in [0, 0.05) is 18.2 Å². The fraction of sp³-hybridized carbons (Fsp3) is 0.533. The van der Waals surface area contributed by atoms with Crippen molar-refractivity contribution in [1.29, 1.82) is 0 Å². The van der Waals surface area contributed by atoms with Gasteiger partial charge in [-0.3, -0.25) is 0 Å². The van der Waals surface area contributed by atoms with Crippen molar-refractivity contribution in [2.75, 3.05) is 6.54 Å². The number of nitrogens with zero attached hydrogens (tertiary/aromatic N) is 1. The predicted molar refractivity (Wildman–Crippen MR) is 90.9 cm³/mol. The highest BCUT2D eigenvalue weighted by Gasteiger charge is 2.30. The molecule has 0 radical (unpaired) electrons. The van der Waals surface area contributed by atoms with Gasteiger partial charge in [0.1, 0.15) is 4.99 Å². The molecule has 0 bridgehead atoms. The quantitative estimate of drug-likeness (QED) is 0.745. The summed E-state index contributed by atoms with van der Waals surface area (Å²) in [4.78, 5) is 0.308. The van der Waals surface area contributed by atoms with Crippen LogP contribution in [0, 0.1) is 0 Å². The predicted octanol–water partition coefficient (Wildman–Crippen LogP) is 2.91.